The van der Waals surface area contributed by atoms with Gasteiger partial charge in [0.1, 0.15) is 0 Å². The third-order valence-electron chi connectivity index (χ3n) is 1.48. The van der Waals surface area contributed by atoms with Crippen LogP contribution >= 0.6 is 0 Å². The maximum Gasteiger partial charge on any atom is 0.0535 e. The Hall–Kier alpha value is -0.0800. The first-order chi connectivity index (χ1) is 5.06. The van der Waals surface area contributed by atoms with Crippen LogP contribution in [-0.4, -0.2) is 22.9 Å². The summed E-state index contributed by atoms with van der Waals surface area (Å²) in [7, 11) is 0. The van der Waals surface area contributed by atoms with Crippen LogP contribution in [0.5, 0.6) is 0 Å². The van der Waals surface area contributed by atoms with Gasteiger partial charge in [0.25, 0.3) is 0 Å². The van der Waals surface area contributed by atoms with Crippen LogP contribution in [0.4, 0.5) is 0 Å². The summed E-state index contributed by atoms with van der Waals surface area (Å²) in [5.74, 6) is 0.407. The summed E-state index contributed by atoms with van der Waals surface area (Å²) < 4.78 is 0. The minimum absolute atomic E-state index is 0.148. The van der Waals surface area contributed by atoms with Crippen LogP contribution in [0.25, 0.3) is 0 Å². The molecular weight excluding hydrogens is 140 g/mol. The topological polar surface area (TPSA) is 40.5 Å². The van der Waals surface area contributed by atoms with Crippen molar-refractivity contribution < 1.29 is 10.2 Å². The molecule has 0 aliphatic heterocycles. The van der Waals surface area contributed by atoms with Crippen LogP contribution in [0, 0.1) is 5.92 Å². The molecule has 0 saturated heterocycles. The van der Waals surface area contributed by atoms with Crippen molar-refractivity contribution in [3.8, 4) is 0 Å². The lowest BCUT2D eigenvalue weighted by Crippen LogP contribution is -2.07. The molecule has 11 heavy (non-hydrogen) atoms. The van der Waals surface area contributed by atoms with Crippen molar-refractivity contribution in [1.29, 1.82) is 0 Å². The standard InChI is InChI=1S/C5H12O.C4H10O/c1-4(2)5(3)6;1-2-3-4-5/h4-6H,1-3H3;5H,2-4H2,1H3. The van der Waals surface area contributed by atoms with Crippen LogP contribution in [0.2, 0.25) is 0 Å². The summed E-state index contributed by atoms with van der Waals surface area (Å²) in [6, 6.07) is 0. The Kier molecular flexibility index (Phi) is 12.2. The first kappa shape index (κ1) is 13.5. The molecule has 2 N–H and O–H groups in total. The smallest absolute Gasteiger partial charge is 0.0535 e. The van der Waals surface area contributed by atoms with Crippen molar-refractivity contribution >= 4 is 0 Å². The van der Waals surface area contributed by atoms with Crippen LogP contribution in [-0.2, 0) is 0 Å². The second-order valence-electron chi connectivity index (χ2n) is 3.06. The van der Waals surface area contributed by atoms with Crippen LogP contribution in [0.1, 0.15) is 40.5 Å². The predicted molar refractivity (Wildman–Crippen MR) is 48.5 cm³/mol. The number of unbranched alkanes of at least 4 members (excludes halogenated alkanes) is 1. The molecule has 1 atom stereocenters. The second-order valence-corrected chi connectivity index (χ2v) is 3.06. The van der Waals surface area contributed by atoms with Crippen molar-refractivity contribution in [1.82, 2.24) is 0 Å². The number of aliphatic hydroxyl groups is 2. The van der Waals surface area contributed by atoms with Crippen LogP contribution in [0.3, 0.4) is 0 Å². The van der Waals surface area contributed by atoms with E-state index in [9.17, 15) is 0 Å². The Morgan fingerprint density at radius 3 is 1.55 bits per heavy atom. The maximum absolute atomic E-state index is 8.63. The number of hydrogen-bond acceptors (Lipinski definition) is 2. The van der Waals surface area contributed by atoms with Gasteiger partial charge in [0.2, 0.25) is 0 Å². The Labute approximate surface area is 70.3 Å². The van der Waals surface area contributed by atoms with Crippen LogP contribution < -0.4 is 0 Å². The molecule has 1 unspecified atom stereocenters. The maximum atomic E-state index is 8.63. The van der Waals surface area contributed by atoms with Gasteiger partial charge in [0.15, 0.2) is 0 Å². The highest BCUT2D eigenvalue weighted by atomic mass is 16.3. The normalized spacial score (nSPS) is 12.3. The number of aliphatic hydroxyl groups excluding tert-OH is 2. The van der Waals surface area contributed by atoms with E-state index in [4.69, 9.17) is 10.2 Å². The molecule has 0 aromatic heterocycles. The predicted octanol–water partition coefficient (Wildman–Crippen LogP) is 1.80. The van der Waals surface area contributed by atoms with Gasteiger partial charge in [-0.1, -0.05) is 27.2 Å². The molecule has 0 rings (SSSR count). The molecule has 0 aromatic rings. The van der Waals surface area contributed by atoms with Crippen LogP contribution in [0.15, 0.2) is 0 Å². The lowest BCUT2D eigenvalue weighted by molar-refractivity contribution is 0.144. The molecular formula is C9H22O2. The van der Waals surface area contributed by atoms with Gasteiger partial charge >= 0.3 is 0 Å². The molecule has 0 spiro atoms. The Morgan fingerprint density at radius 1 is 1.18 bits per heavy atom. The minimum atomic E-state index is -0.148. The fourth-order valence-corrected chi connectivity index (χ4v) is 0.158. The van der Waals surface area contributed by atoms with E-state index in [2.05, 4.69) is 6.92 Å². The van der Waals surface area contributed by atoms with E-state index in [1.165, 1.54) is 0 Å². The quantitative estimate of drug-likeness (QED) is 0.664. The van der Waals surface area contributed by atoms with Gasteiger partial charge in [-0.15, -0.1) is 0 Å². The third-order valence-corrected chi connectivity index (χ3v) is 1.48. The highest BCUT2D eigenvalue weighted by molar-refractivity contribution is 4.48. The second kappa shape index (κ2) is 9.92. The Morgan fingerprint density at radius 2 is 1.55 bits per heavy atom. The monoisotopic (exact) mass is 162 g/mol. The van der Waals surface area contributed by atoms with Gasteiger partial charge in [-0.2, -0.15) is 0 Å². The first-order valence-electron chi connectivity index (χ1n) is 4.35. The van der Waals surface area contributed by atoms with Gasteiger partial charge in [0, 0.05) is 6.61 Å². The average Bonchev–Trinajstić information content (AvgIpc) is 1.90. The van der Waals surface area contributed by atoms with E-state index in [0.29, 0.717) is 12.5 Å². The first-order valence-corrected chi connectivity index (χ1v) is 4.35. The largest absolute Gasteiger partial charge is 0.396 e. The highest BCUT2D eigenvalue weighted by Crippen LogP contribution is 1.96. The zero-order valence-corrected chi connectivity index (χ0v) is 8.17. The molecule has 0 saturated carbocycles. The summed E-state index contributed by atoms with van der Waals surface area (Å²) >= 11 is 0. The Bertz CT molecular complexity index is 52.6. The van der Waals surface area contributed by atoms with Crippen molar-refractivity contribution in [3.05, 3.63) is 0 Å². The Balaban J connectivity index is 0. The lowest BCUT2D eigenvalue weighted by atomic mass is 10.1. The van der Waals surface area contributed by atoms with E-state index in [1.54, 1.807) is 6.92 Å². The molecule has 0 amide bonds. The number of hydrogen-bond donors (Lipinski definition) is 2. The van der Waals surface area contributed by atoms with Gasteiger partial charge < -0.3 is 10.2 Å². The van der Waals surface area contributed by atoms with Gasteiger partial charge in [-0.05, 0) is 19.3 Å². The van der Waals surface area contributed by atoms with E-state index in [1.807, 2.05) is 13.8 Å². The fourth-order valence-electron chi connectivity index (χ4n) is 0.158. The molecule has 0 heterocycles. The molecule has 0 aliphatic rings. The average molecular weight is 162 g/mol. The minimum Gasteiger partial charge on any atom is -0.396 e. The lowest BCUT2D eigenvalue weighted by Gasteiger charge is -2.04. The molecule has 0 aliphatic carbocycles. The summed E-state index contributed by atoms with van der Waals surface area (Å²) in [6.45, 7) is 8.17. The molecule has 0 radical (unpaired) electrons. The zero-order chi connectivity index (χ0) is 9.28. The summed E-state index contributed by atoms with van der Waals surface area (Å²) in [4.78, 5) is 0. The summed E-state index contributed by atoms with van der Waals surface area (Å²) in [5, 5.41) is 16.7. The molecule has 70 valence electrons. The zero-order valence-electron chi connectivity index (χ0n) is 8.17. The molecule has 2 heteroatoms. The molecule has 0 bridgehead atoms. The van der Waals surface area contributed by atoms with Gasteiger partial charge in [-0.3, -0.25) is 0 Å². The molecule has 2 nitrogen and oxygen atoms in total. The molecule has 0 aromatic carbocycles. The highest BCUT2D eigenvalue weighted by Gasteiger charge is 1.97. The van der Waals surface area contributed by atoms with Gasteiger partial charge in [-0.25, -0.2) is 0 Å². The fraction of sp³-hybridized carbons (Fsp3) is 1.00. The van der Waals surface area contributed by atoms with Crippen molar-refractivity contribution in [2.75, 3.05) is 6.61 Å². The van der Waals surface area contributed by atoms with E-state index in [0.717, 1.165) is 12.8 Å². The van der Waals surface area contributed by atoms with Crippen molar-refractivity contribution in [2.45, 2.75) is 46.6 Å². The summed E-state index contributed by atoms with van der Waals surface area (Å²) in [6.07, 6.45) is 1.89. The summed E-state index contributed by atoms with van der Waals surface area (Å²) in [5.41, 5.74) is 0. The molecule has 0 fully saturated rings. The van der Waals surface area contributed by atoms with Crippen molar-refractivity contribution in [3.63, 3.8) is 0 Å². The van der Waals surface area contributed by atoms with E-state index >= 15 is 0 Å². The van der Waals surface area contributed by atoms with Gasteiger partial charge in [0.05, 0.1) is 6.10 Å². The van der Waals surface area contributed by atoms with Crippen molar-refractivity contribution in [2.24, 2.45) is 5.92 Å². The SMILES string of the molecule is CC(C)C(C)O.CCCCO. The number of rotatable bonds is 3. The van der Waals surface area contributed by atoms with E-state index in [-0.39, 0.29) is 6.10 Å². The van der Waals surface area contributed by atoms with E-state index < -0.39 is 0 Å². The third kappa shape index (κ3) is 17.8.